The number of aliphatic hydroxyl groups excluding tert-OH is 1. The van der Waals surface area contributed by atoms with Crippen LogP contribution >= 0.6 is 0 Å². The van der Waals surface area contributed by atoms with Gasteiger partial charge in [-0.25, -0.2) is 4.98 Å². The van der Waals surface area contributed by atoms with Crippen LogP contribution in [0.5, 0.6) is 0 Å². The van der Waals surface area contributed by atoms with Crippen molar-refractivity contribution in [3.05, 3.63) is 66.5 Å². The lowest BCUT2D eigenvalue weighted by atomic mass is 9.73. The van der Waals surface area contributed by atoms with E-state index in [9.17, 15) is 5.11 Å². The molecule has 4 aromatic rings. The average Bonchev–Trinajstić information content (AvgIpc) is 3.41. The van der Waals surface area contributed by atoms with Gasteiger partial charge in [0.1, 0.15) is 0 Å². The minimum atomic E-state index is -0.326. The molecule has 32 heavy (non-hydrogen) atoms. The van der Waals surface area contributed by atoms with Crippen LogP contribution in [0.15, 0.2) is 60.9 Å². The standard InChI is InChI=1S/C25H26N6O/c26-25(10-3-11-25)18-5-7-19(8-6-18)31-22(21-4-1-2-12-27-21)14-17-15-28-24(29-23(17)31)30-13-9-20(32)16-30/h1-2,4-8,12,14-15,20,32H,3,9-11,13,16,26H2/t20-/m0/s1. The van der Waals surface area contributed by atoms with Crippen molar-refractivity contribution in [3.8, 4) is 17.1 Å². The predicted molar refractivity (Wildman–Crippen MR) is 125 cm³/mol. The Morgan fingerprint density at radius 2 is 1.91 bits per heavy atom. The molecule has 3 N–H and O–H groups in total. The molecule has 0 radical (unpaired) electrons. The minimum absolute atomic E-state index is 0.187. The Balaban J connectivity index is 1.50. The van der Waals surface area contributed by atoms with Crippen molar-refractivity contribution < 1.29 is 5.11 Å². The zero-order valence-electron chi connectivity index (χ0n) is 17.9. The van der Waals surface area contributed by atoms with Crippen LogP contribution in [0.4, 0.5) is 5.95 Å². The highest BCUT2D eigenvalue weighted by molar-refractivity contribution is 5.86. The molecule has 1 aromatic carbocycles. The maximum absolute atomic E-state index is 9.96. The van der Waals surface area contributed by atoms with E-state index in [1.54, 1.807) is 6.20 Å². The number of pyridine rings is 1. The van der Waals surface area contributed by atoms with Crippen LogP contribution in [0, 0.1) is 0 Å². The van der Waals surface area contributed by atoms with Gasteiger partial charge in [-0.15, -0.1) is 0 Å². The molecular weight excluding hydrogens is 400 g/mol. The Morgan fingerprint density at radius 3 is 2.56 bits per heavy atom. The molecule has 0 bridgehead atoms. The molecule has 0 spiro atoms. The summed E-state index contributed by atoms with van der Waals surface area (Å²) < 4.78 is 2.14. The van der Waals surface area contributed by atoms with Crippen LogP contribution in [-0.4, -0.2) is 43.8 Å². The van der Waals surface area contributed by atoms with Crippen LogP contribution in [0.3, 0.4) is 0 Å². The van der Waals surface area contributed by atoms with Crippen molar-refractivity contribution in [1.29, 1.82) is 0 Å². The first-order valence-electron chi connectivity index (χ1n) is 11.2. The maximum Gasteiger partial charge on any atom is 0.227 e. The normalized spacial score (nSPS) is 19.9. The van der Waals surface area contributed by atoms with E-state index in [1.165, 1.54) is 12.0 Å². The summed E-state index contributed by atoms with van der Waals surface area (Å²) in [6, 6.07) is 16.5. The zero-order chi connectivity index (χ0) is 21.7. The number of aromatic nitrogens is 4. The van der Waals surface area contributed by atoms with Crippen LogP contribution in [0.1, 0.15) is 31.2 Å². The topological polar surface area (TPSA) is 93.1 Å². The first kappa shape index (κ1) is 19.4. The Hall–Kier alpha value is -3.29. The fourth-order valence-corrected chi connectivity index (χ4v) is 4.81. The molecule has 7 heteroatoms. The predicted octanol–water partition coefficient (Wildman–Crippen LogP) is 3.39. The molecular formula is C25H26N6O. The summed E-state index contributed by atoms with van der Waals surface area (Å²) in [4.78, 5) is 16.1. The smallest absolute Gasteiger partial charge is 0.227 e. The van der Waals surface area contributed by atoms with Gasteiger partial charge in [-0.2, -0.15) is 4.98 Å². The number of anilines is 1. The summed E-state index contributed by atoms with van der Waals surface area (Å²) in [5.41, 5.74) is 11.2. The van der Waals surface area contributed by atoms with Crippen molar-refractivity contribution >= 4 is 17.0 Å². The molecule has 7 nitrogen and oxygen atoms in total. The highest BCUT2D eigenvalue weighted by Crippen LogP contribution is 2.39. The second-order valence-electron chi connectivity index (χ2n) is 8.97. The Kier molecular flexibility index (Phi) is 4.48. The molecule has 2 fully saturated rings. The summed E-state index contributed by atoms with van der Waals surface area (Å²) >= 11 is 0. The quantitative estimate of drug-likeness (QED) is 0.520. The third-order valence-corrected chi connectivity index (χ3v) is 6.85. The number of nitrogens with zero attached hydrogens (tertiary/aromatic N) is 5. The van der Waals surface area contributed by atoms with Gasteiger partial charge in [0.15, 0.2) is 5.65 Å². The highest BCUT2D eigenvalue weighted by atomic mass is 16.3. The van der Waals surface area contributed by atoms with Crippen LogP contribution < -0.4 is 10.6 Å². The van der Waals surface area contributed by atoms with E-state index in [0.717, 1.165) is 53.9 Å². The second-order valence-corrected chi connectivity index (χ2v) is 8.97. The van der Waals surface area contributed by atoms with E-state index in [2.05, 4.69) is 44.9 Å². The van der Waals surface area contributed by atoms with Crippen molar-refractivity contribution in [2.24, 2.45) is 5.73 Å². The van der Waals surface area contributed by atoms with Crippen molar-refractivity contribution in [2.75, 3.05) is 18.0 Å². The summed E-state index contributed by atoms with van der Waals surface area (Å²) in [5.74, 6) is 0.646. The van der Waals surface area contributed by atoms with Gasteiger partial charge in [0.25, 0.3) is 0 Å². The molecule has 1 aliphatic carbocycles. The Morgan fingerprint density at radius 1 is 1.06 bits per heavy atom. The number of nitrogens with two attached hydrogens (primary N) is 1. The lowest BCUT2D eigenvalue weighted by molar-refractivity contribution is 0.198. The lowest BCUT2D eigenvalue weighted by Crippen LogP contribution is -2.43. The third-order valence-electron chi connectivity index (χ3n) is 6.85. The number of fused-ring (bicyclic) bond motifs is 1. The van der Waals surface area contributed by atoms with Gasteiger partial charge >= 0.3 is 0 Å². The van der Waals surface area contributed by atoms with Crippen LogP contribution in [-0.2, 0) is 5.54 Å². The summed E-state index contributed by atoms with van der Waals surface area (Å²) in [5, 5.41) is 10.9. The molecule has 3 aromatic heterocycles. The summed E-state index contributed by atoms with van der Waals surface area (Å²) in [6.07, 6.45) is 7.35. The number of β-amino-alcohol motifs (C(OH)–C–C–N with tert-alkyl or cyclic N) is 1. The molecule has 1 aliphatic heterocycles. The first-order valence-corrected chi connectivity index (χ1v) is 11.2. The SMILES string of the molecule is NC1(c2ccc(-n3c(-c4ccccn4)cc4cnc(N5CC[C@H](O)C5)nc43)cc2)CCC1. The van der Waals surface area contributed by atoms with Crippen LogP contribution in [0.2, 0.25) is 0 Å². The van der Waals surface area contributed by atoms with Gasteiger partial charge in [-0.1, -0.05) is 18.2 Å². The third kappa shape index (κ3) is 3.16. The van der Waals surface area contributed by atoms with Gasteiger partial charge < -0.3 is 15.7 Å². The van der Waals surface area contributed by atoms with Gasteiger partial charge in [0.2, 0.25) is 5.95 Å². The van der Waals surface area contributed by atoms with Gasteiger partial charge in [-0.05, 0) is 61.6 Å². The number of hydrogen-bond donors (Lipinski definition) is 2. The Bertz CT molecular complexity index is 1260. The number of hydrogen-bond acceptors (Lipinski definition) is 6. The largest absolute Gasteiger partial charge is 0.391 e. The molecule has 1 saturated heterocycles. The minimum Gasteiger partial charge on any atom is -0.391 e. The molecule has 162 valence electrons. The number of benzene rings is 1. The molecule has 6 rings (SSSR count). The van der Waals surface area contributed by atoms with E-state index >= 15 is 0 Å². The molecule has 0 unspecified atom stereocenters. The fourth-order valence-electron chi connectivity index (χ4n) is 4.81. The van der Waals surface area contributed by atoms with Gasteiger partial charge in [0, 0.05) is 42.1 Å². The van der Waals surface area contributed by atoms with Crippen molar-refractivity contribution in [3.63, 3.8) is 0 Å². The summed E-state index contributed by atoms with van der Waals surface area (Å²) in [7, 11) is 0. The van der Waals surface area contributed by atoms with Crippen molar-refractivity contribution in [1.82, 2.24) is 19.5 Å². The lowest BCUT2D eigenvalue weighted by Gasteiger charge is -2.38. The average molecular weight is 427 g/mol. The molecule has 1 atom stereocenters. The van der Waals surface area contributed by atoms with Crippen molar-refractivity contribution in [2.45, 2.75) is 37.3 Å². The number of rotatable bonds is 4. The zero-order valence-corrected chi connectivity index (χ0v) is 17.9. The second kappa shape index (κ2) is 7.39. The van der Waals surface area contributed by atoms with Gasteiger partial charge in [-0.3, -0.25) is 9.55 Å². The van der Waals surface area contributed by atoms with E-state index in [1.807, 2.05) is 29.3 Å². The Labute approximate surface area is 186 Å². The molecule has 2 aliphatic rings. The number of aliphatic hydroxyl groups is 1. The molecule has 1 saturated carbocycles. The molecule has 0 amide bonds. The van der Waals surface area contributed by atoms with E-state index in [4.69, 9.17) is 10.7 Å². The monoisotopic (exact) mass is 426 g/mol. The molecule has 4 heterocycles. The highest BCUT2D eigenvalue weighted by Gasteiger charge is 2.34. The van der Waals surface area contributed by atoms with E-state index in [-0.39, 0.29) is 11.6 Å². The first-order chi connectivity index (χ1) is 15.6. The van der Waals surface area contributed by atoms with Crippen LogP contribution in [0.25, 0.3) is 28.1 Å². The van der Waals surface area contributed by atoms with E-state index in [0.29, 0.717) is 12.5 Å². The summed E-state index contributed by atoms with van der Waals surface area (Å²) in [6.45, 7) is 1.32. The van der Waals surface area contributed by atoms with Gasteiger partial charge in [0.05, 0.1) is 17.5 Å². The fraction of sp³-hybridized carbons (Fsp3) is 0.320. The maximum atomic E-state index is 9.96. The van der Waals surface area contributed by atoms with E-state index < -0.39 is 0 Å².